The lowest BCUT2D eigenvalue weighted by Crippen LogP contribution is -2.36. The first-order valence-corrected chi connectivity index (χ1v) is 11.6. The van der Waals surface area contributed by atoms with Crippen LogP contribution in [0.5, 0.6) is 5.75 Å². The van der Waals surface area contributed by atoms with Crippen LogP contribution in [-0.2, 0) is 18.4 Å². The van der Waals surface area contributed by atoms with Gasteiger partial charge in [-0.05, 0) is 99.0 Å². The second-order valence-electron chi connectivity index (χ2n) is 8.87. The molecule has 0 unspecified atom stereocenters. The van der Waals surface area contributed by atoms with Crippen LogP contribution in [-0.4, -0.2) is 32.7 Å². The van der Waals surface area contributed by atoms with Crippen molar-refractivity contribution in [2.45, 2.75) is 57.9 Å². The molecule has 0 atom stereocenters. The minimum atomic E-state index is -0.221. The van der Waals surface area contributed by atoms with Crippen LogP contribution in [0.3, 0.4) is 0 Å². The van der Waals surface area contributed by atoms with Gasteiger partial charge < -0.3 is 20.7 Å². The summed E-state index contributed by atoms with van der Waals surface area (Å²) in [6, 6.07) is 10.3. The summed E-state index contributed by atoms with van der Waals surface area (Å²) < 4.78 is 5.31. The van der Waals surface area contributed by atoms with Gasteiger partial charge in [-0.15, -0.1) is 0 Å². The molecule has 1 amide bonds. The summed E-state index contributed by atoms with van der Waals surface area (Å²) in [5, 5.41) is 10.0. The number of amides is 1. The van der Waals surface area contributed by atoms with Crippen LogP contribution in [0.25, 0.3) is 0 Å². The van der Waals surface area contributed by atoms with Gasteiger partial charge in [0.2, 0.25) is 0 Å². The fraction of sp³-hybridized carbons (Fsp3) is 0.500. The third-order valence-corrected chi connectivity index (χ3v) is 6.65. The number of carbonyl (C=O) groups excluding carboxylic acids is 1. The molecule has 3 N–H and O–H groups in total. The molecule has 5 heteroatoms. The average Bonchev–Trinajstić information content (AvgIpc) is 3.52. The Morgan fingerprint density at radius 1 is 1.13 bits per heavy atom. The van der Waals surface area contributed by atoms with Gasteiger partial charge in [0, 0.05) is 17.8 Å². The number of carbonyl (C=O) groups is 1. The lowest BCUT2D eigenvalue weighted by molar-refractivity contribution is 0.0929. The topological polar surface area (TPSA) is 62.4 Å². The zero-order valence-electron chi connectivity index (χ0n) is 19.1. The van der Waals surface area contributed by atoms with E-state index in [2.05, 4.69) is 35.0 Å². The fourth-order valence-electron chi connectivity index (χ4n) is 4.30. The molecule has 2 aromatic carbocycles. The molecule has 3 aliphatic rings. The molecule has 1 saturated carbocycles. The Balaban J connectivity index is 0.000000520. The van der Waals surface area contributed by atoms with E-state index in [1.807, 2.05) is 25.1 Å². The Bertz CT molecular complexity index is 942. The molecule has 31 heavy (non-hydrogen) atoms. The van der Waals surface area contributed by atoms with Crippen molar-refractivity contribution in [2.75, 3.05) is 32.1 Å². The number of fused-ring (bicyclic) bond motifs is 1. The van der Waals surface area contributed by atoms with Gasteiger partial charge in [-0.3, -0.25) is 4.79 Å². The maximum Gasteiger partial charge on any atom is 0.252 e. The van der Waals surface area contributed by atoms with Crippen LogP contribution < -0.4 is 20.7 Å². The molecule has 0 spiro atoms. The summed E-state index contributed by atoms with van der Waals surface area (Å²) >= 11 is 0. The first kappa shape index (κ1) is 21.7. The van der Waals surface area contributed by atoms with Crippen molar-refractivity contribution < 1.29 is 9.53 Å². The van der Waals surface area contributed by atoms with E-state index in [1.165, 1.54) is 41.9 Å². The summed E-state index contributed by atoms with van der Waals surface area (Å²) in [6.07, 6.45) is 6.62. The van der Waals surface area contributed by atoms with Gasteiger partial charge in [0.1, 0.15) is 5.75 Å². The molecule has 0 aromatic heterocycles. The summed E-state index contributed by atoms with van der Waals surface area (Å²) in [5.74, 6) is 0.702. The van der Waals surface area contributed by atoms with Crippen molar-refractivity contribution in [3.63, 3.8) is 0 Å². The second kappa shape index (κ2) is 9.31. The van der Waals surface area contributed by atoms with Crippen LogP contribution in [0, 0.1) is 6.92 Å². The molecule has 2 heterocycles. The Morgan fingerprint density at radius 2 is 1.87 bits per heavy atom. The summed E-state index contributed by atoms with van der Waals surface area (Å²) in [5.41, 5.74) is 6.73. The SMILES string of the molecule is C1CNC1.CCc1cc2c(c(C3(NC(=O)c4cc(OC)ccc4C)CC3)c1)CCCN2. The smallest absolute Gasteiger partial charge is 0.252 e. The maximum atomic E-state index is 13.1. The standard InChI is InChI=1S/C23H28N2O2.C3H7N/c1-4-16-12-20(18-6-5-11-24-21(18)13-16)23(9-10-23)25-22(26)19-14-17(27-3)8-7-15(19)2;1-2-4-3-1/h7-8,12-14,24H,4-6,9-11H2,1-3H3,(H,25,26);4H,1-3H2. The first-order chi connectivity index (χ1) is 15.1. The van der Waals surface area contributed by atoms with E-state index >= 15 is 0 Å². The normalized spacial score (nSPS) is 17.8. The number of benzene rings is 2. The molecule has 1 aliphatic carbocycles. The third-order valence-electron chi connectivity index (χ3n) is 6.65. The number of methoxy groups -OCH3 is 1. The highest BCUT2D eigenvalue weighted by Gasteiger charge is 2.47. The van der Waals surface area contributed by atoms with Gasteiger partial charge in [0.25, 0.3) is 5.91 Å². The van der Waals surface area contributed by atoms with Crippen LogP contribution in [0.1, 0.15) is 65.2 Å². The Labute approximate surface area is 186 Å². The Morgan fingerprint density at radius 3 is 2.48 bits per heavy atom. The number of nitrogens with one attached hydrogen (secondary N) is 3. The van der Waals surface area contributed by atoms with E-state index in [1.54, 1.807) is 7.11 Å². The fourth-order valence-corrected chi connectivity index (χ4v) is 4.30. The minimum absolute atomic E-state index is 0.0108. The molecule has 1 saturated heterocycles. The van der Waals surface area contributed by atoms with E-state index in [4.69, 9.17) is 4.74 Å². The summed E-state index contributed by atoms with van der Waals surface area (Å²) in [6.45, 7) is 7.69. The van der Waals surface area contributed by atoms with Gasteiger partial charge >= 0.3 is 0 Å². The highest BCUT2D eigenvalue weighted by atomic mass is 16.5. The van der Waals surface area contributed by atoms with Gasteiger partial charge in [-0.2, -0.15) is 0 Å². The number of anilines is 1. The first-order valence-electron chi connectivity index (χ1n) is 11.6. The highest BCUT2D eigenvalue weighted by molar-refractivity contribution is 5.97. The van der Waals surface area contributed by atoms with E-state index < -0.39 is 0 Å². The second-order valence-corrected chi connectivity index (χ2v) is 8.87. The van der Waals surface area contributed by atoms with Gasteiger partial charge in [-0.25, -0.2) is 0 Å². The predicted molar refractivity (Wildman–Crippen MR) is 126 cm³/mol. The van der Waals surface area contributed by atoms with Crippen molar-refractivity contribution in [1.82, 2.24) is 10.6 Å². The Hall–Kier alpha value is -2.53. The number of aryl methyl sites for hydroxylation is 2. The minimum Gasteiger partial charge on any atom is -0.497 e. The number of hydrogen-bond acceptors (Lipinski definition) is 4. The van der Waals surface area contributed by atoms with Crippen LogP contribution in [0.4, 0.5) is 5.69 Å². The zero-order valence-corrected chi connectivity index (χ0v) is 19.1. The molecular weight excluding hydrogens is 386 g/mol. The van der Waals surface area contributed by atoms with Crippen LogP contribution in [0.2, 0.25) is 0 Å². The largest absolute Gasteiger partial charge is 0.497 e. The lowest BCUT2D eigenvalue weighted by Gasteiger charge is -2.28. The molecular formula is C26H35N3O2. The number of hydrogen-bond donors (Lipinski definition) is 3. The Kier molecular flexibility index (Phi) is 6.51. The van der Waals surface area contributed by atoms with Gasteiger partial charge in [-0.1, -0.05) is 19.1 Å². The quantitative estimate of drug-likeness (QED) is 0.673. The van der Waals surface area contributed by atoms with Crippen molar-refractivity contribution >= 4 is 11.6 Å². The maximum absolute atomic E-state index is 13.1. The van der Waals surface area contributed by atoms with E-state index in [9.17, 15) is 4.79 Å². The van der Waals surface area contributed by atoms with Crippen molar-refractivity contribution in [3.05, 3.63) is 58.1 Å². The van der Waals surface area contributed by atoms with Crippen LogP contribution >= 0.6 is 0 Å². The monoisotopic (exact) mass is 421 g/mol. The lowest BCUT2D eigenvalue weighted by atomic mass is 9.89. The highest BCUT2D eigenvalue weighted by Crippen LogP contribution is 2.49. The average molecular weight is 422 g/mol. The van der Waals surface area contributed by atoms with Gasteiger partial charge in [0.15, 0.2) is 0 Å². The van der Waals surface area contributed by atoms with Crippen LogP contribution in [0.15, 0.2) is 30.3 Å². The predicted octanol–water partition coefficient (Wildman–Crippen LogP) is 4.32. The number of rotatable bonds is 5. The summed E-state index contributed by atoms with van der Waals surface area (Å²) in [7, 11) is 1.63. The molecule has 2 aromatic rings. The number of ether oxygens (including phenoxy) is 1. The van der Waals surface area contributed by atoms with E-state index in [0.29, 0.717) is 11.3 Å². The van der Waals surface area contributed by atoms with E-state index in [0.717, 1.165) is 44.2 Å². The van der Waals surface area contributed by atoms with E-state index in [-0.39, 0.29) is 11.4 Å². The molecule has 2 fully saturated rings. The van der Waals surface area contributed by atoms with Gasteiger partial charge in [0.05, 0.1) is 12.6 Å². The third kappa shape index (κ3) is 4.72. The summed E-state index contributed by atoms with van der Waals surface area (Å²) in [4.78, 5) is 13.1. The molecule has 5 nitrogen and oxygen atoms in total. The van der Waals surface area contributed by atoms with Crippen molar-refractivity contribution in [1.29, 1.82) is 0 Å². The van der Waals surface area contributed by atoms with Crippen molar-refractivity contribution in [2.24, 2.45) is 0 Å². The van der Waals surface area contributed by atoms with Crippen molar-refractivity contribution in [3.8, 4) is 5.75 Å². The molecule has 5 rings (SSSR count). The molecule has 2 aliphatic heterocycles. The molecule has 166 valence electrons. The molecule has 0 bridgehead atoms. The zero-order chi connectivity index (χ0) is 21.8. The molecule has 0 radical (unpaired) electrons.